The lowest BCUT2D eigenvalue weighted by Crippen LogP contribution is -2.26. The first-order chi connectivity index (χ1) is 7.58. The SMILES string of the molecule is COc1ccc(NC(=O)C(C)OC)cc1Cl. The third-order valence-electron chi connectivity index (χ3n) is 2.14. The number of amides is 1. The van der Waals surface area contributed by atoms with Crippen molar-refractivity contribution in [1.29, 1.82) is 0 Å². The molecule has 0 fully saturated rings. The van der Waals surface area contributed by atoms with Crippen molar-refractivity contribution < 1.29 is 14.3 Å². The van der Waals surface area contributed by atoms with Crippen LogP contribution in [0.15, 0.2) is 18.2 Å². The number of nitrogens with one attached hydrogen (secondary N) is 1. The molecule has 0 spiro atoms. The molecule has 0 saturated heterocycles. The van der Waals surface area contributed by atoms with Crippen LogP contribution in [-0.2, 0) is 9.53 Å². The highest BCUT2D eigenvalue weighted by atomic mass is 35.5. The third kappa shape index (κ3) is 3.12. The summed E-state index contributed by atoms with van der Waals surface area (Å²) in [6.45, 7) is 1.67. The quantitative estimate of drug-likeness (QED) is 0.883. The second-order valence-corrected chi connectivity index (χ2v) is 3.62. The number of halogens is 1. The number of carbonyl (C=O) groups excluding carboxylic acids is 1. The molecule has 1 aromatic carbocycles. The molecule has 1 unspecified atom stereocenters. The molecule has 0 bridgehead atoms. The van der Waals surface area contributed by atoms with Gasteiger partial charge in [-0.25, -0.2) is 0 Å². The lowest BCUT2D eigenvalue weighted by molar-refractivity contribution is -0.124. The number of ether oxygens (including phenoxy) is 2. The number of rotatable bonds is 4. The number of anilines is 1. The summed E-state index contributed by atoms with van der Waals surface area (Å²) in [5.74, 6) is 0.350. The Labute approximate surface area is 99.5 Å². The normalized spacial score (nSPS) is 12.0. The molecule has 0 saturated carbocycles. The van der Waals surface area contributed by atoms with Crippen LogP contribution in [0.5, 0.6) is 5.75 Å². The van der Waals surface area contributed by atoms with Gasteiger partial charge in [-0.1, -0.05) is 11.6 Å². The summed E-state index contributed by atoms with van der Waals surface area (Å²) in [6.07, 6.45) is -0.499. The van der Waals surface area contributed by atoms with Gasteiger partial charge in [0, 0.05) is 12.8 Å². The molecule has 0 aliphatic rings. The van der Waals surface area contributed by atoms with Crippen LogP contribution in [0.2, 0.25) is 5.02 Å². The summed E-state index contributed by atoms with van der Waals surface area (Å²) in [6, 6.07) is 5.03. The number of hydrogen-bond donors (Lipinski definition) is 1. The maximum absolute atomic E-state index is 11.5. The topological polar surface area (TPSA) is 47.6 Å². The average molecular weight is 244 g/mol. The molecule has 0 radical (unpaired) electrons. The fourth-order valence-electron chi connectivity index (χ4n) is 1.10. The molecule has 88 valence electrons. The van der Waals surface area contributed by atoms with Crippen LogP contribution in [-0.4, -0.2) is 26.2 Å². The molecule has 5 heteroatoms. The largest absolute Gasteiger partial charge is 0.495 e. The molecule has 16 heavy (non-hydrogen) atoms. The maximum atomic E-state index is 11.5. The summed E-state index contributed by atoms with van der Waals surface area (Å²) in [4.78, 5) is 11.5. The molecule has 1 N–H and O–H groups in total. The lowest BCUT2D eigenvalue weighted by atomic mass is 10.3. The van der Waals surface area contributed by atoms with Crippen molar-refractivity contribution in [2.45, 2.75) is 13.0 Å². The van der Waals surface area contributed by atoms with E-state index in [2.05, 4.69) is 5.32 Å². The van der Waals surface area contributed by atoms with Gasteiger partial charge in [-0.05, 0) is 25.1 Å². The summed E-state index contributed by atoms with van der Waals surface area (Å²) in [5, 5.41) is 3.13. The zero-order valence-electron chi connectivity index (χ0n) is 9.41. The molecular formula is C11H14ClNO3. The average Bonchev–Trinajstić information content (AvgIpc) is 2.28. The molecule has 1 aromatic rings. The van der Waals surface area contributed by atoms with Crippen LogP contribution in [0.25, 0.3) is 0 Å². The molecule has 0 heterocycles. The van der Waals surface area contributed by atoms with Gasteiger partial charge in [-0.15, -0.1) is 0 Å². The number of hydrogen-bond acceptors (Lipinski definition) is 3. The van der Waals surface area contributed by atoms with Crippen molar-refractivity contribution in [2.24, 2.45) is 0 Å². The monoisotopic (exact) mass is 243 g/mol. The second kappa shape index (κ2) is 5.72. The summed E-state index contributed by atoms with van der Waals surface area (Å²) in [5.41, 5.74) is 0.611. The van der Waals surface area contributed by atoms with E-state index in [9.17, 15) is 4.79 Å². The summed E-state index contributed by atoms with van der Waals surface area (Å²) >= 11 is 5.92. The van der Waals surface area contributed by atoms with Gasteiger partial charge in [0.2, 0.25) is 0 Å². The van der Waals surface area contributed by atoms with E-state index in [-0.39, 0.29) is 5.91 Å². The zero-order chi connectivity index (χ0) is 12.1. The van der Waals surface area contributed by atoms with E-state index < -0.39 is 6.10 Å². The third-order valence-corrected chi connectivity index (χ3v) is 2.44. The van der Waals surface area contributed by atoms with Crippen molar-refractivity contribution in [3.05, 3.63) is 23.2 Å². The zero-order valence-corrected chi connectivity index (χ0v) is 10.2. The van der Waals surface area contributed by atoms with E-state index >= 15 is 0 Å². The van der Waals surface area contributed by atoms with E-state index in [1.54, 1.807) is 25.1 Å². The molecular weight excluding hydrogens is 230 g/mol. The van der Waals surface area contributed by atoms with Crippen molar-refractivity contribution >= 4 is 23.2 Å². The Kier molecular flexibility index (Phi) is 4.58. The fourth-order valence-corrected chi connectivity index (χ4v) is 1.35. The van der Waals surface area contributed by atoms with Gasteiger partial charge in [-0.3, -0.25) is 4.79 Å². The minimum atomic E-state index is -0.499. The minimum Gasteiger partial charge on any atom is -0.495 e. The molecule has 1 amide bonds. The highest BCUT2D eigenvalue weighted by Crippen LogP contribution is 2.27. The first-order valence-electron chi connectivity index (χ1n) is 4.75. The summed E-state index contributed by atoms with van der Waals surface area (Å²) in [7, 11) is 3.01. The van der Waals surface area contributed by atoms with Gasteiger partial charge >= 0.3 is 0 Å². The Morgan fingerprint density at radius 2 is 2.12 bits per heavy atom. The van der Waals surface area contributed by atoms with Crippen LogP contribution in [0, 0.1) is 0 Å². The first-order valence-corrected chi connectivity index (χ1v) is 5.13. The molecule has 0 aliphatic heterocycles. The van der Waals surface area contributed by atoms with E-state index in [0.717, 1.165) is 0 Å². The predicted molar refractivity (Wildman–Crippen MR) is 63.1 cm³/mol. The number of methoxy groups -OCH3 is 2. The second-order valence-electron chi connectivity index (χ2n) is 3.22. The number of carbonyl (C=O) groups is 1. The van der Waals surface area contributed by atoms with E-state index in [1.807, 2.05) is 0 Å². The van der Waals surface area contributed by atoms with Crippen molar-refractivity contribution in [2.75, 3.05) is 19.5 Å². The first kappa shape index (κ1) is 12.8. The van der Waals surface area contributed by atoms with Crippen LogP contribution >= 0.6 is 11.6 Å². The van der Waals surface area contributed by atoms with Gasteiger partial charge in [0.1, 0.15) is 11.9 Å². The van der Waals surface area contributed by atoms with Gasteiger partial charge in [0.15, 0.2) is 0 Å². The Balaban J connectivity index is 2.75. The highest BCUT2D eigenvalue weighted by molar-refractivity contribution is 6.32. The van der Waals surface area contributed by atoms with Gasteiger partial charge in [0.25, 0.3) is 5.91 Å². The van der Waals surface area contributed by atoms with Crippen molar-refractivity contribution in [1.82, 2.24) is 0 Å². The minimum absolute atomic E-state index is 0.219. The molecule has 1 atom stereocenters. The summed E-state index contributed by atoms with van der Waals surface area (Å²) < 4.78 is 9.89. The highest BCUT2D eigenvalue weighted by Gasteiger charge is 2.12. The predicted octanol–water partition coefficient (Wildman–Crippen LogP) is 2.32. The smallest absolute Gasteiger partial charge is 0.253 e. The molecule has 0 aliphatic carbocycles. The van der Waals surface area contributed by atoms with E-state index in [4.69, 9.17) is 21.1 Å². The van der Waals surface area contributed by atoms with Crippen molar-refractivity contribution in [3.63, 3.8) is 0 Å². The van der Waals surface area contributed by atoms with Gasteiger partial charge < -0.3 is 14.8 Å². The van der Waals surface area contributed by atoms with Crippen LogP contribution < -0.4 is 10.1 Å². The Hall–Kier alpha value is -1.26. The Bertz CT molecular complexity index is 381. The van der Waals surface area contributed by atoms with Gasteiger partial charge in [0.05, 0.1) is 12.1 Å². The number of benzene rings is 1. The van der Waals surface area contributed by atoms with E-state index in [0.29, 0.717) is 16.5 Å². The van der Waals surface area contributed by atoms with Crippen LogP contribution in [0.3, 0.4) is 0 Å². The molecule has 4 nitrogen and oxygen atoms in total. The standard InChI is InChI=1S/C11H14ClNO3/c1-7(15-2)11(14)13-8-4-5-10(16-3)9(12)6-8/h4-7H,1-3H3,(H,13,14). The van der Waals surface area contributed by atoms with Gasteiger partial charge in [-0.2, -0.15) is 0 Å². The van der Waals surface area contributed by atoms with E-state index in [1.165, 1.54) is 14.2 Å². The lowest BCUT2D eigenvalue weighted by Gasteiger charge is -2.11. The fraction of sp³-hybridized carbons (Fsp3) is 0.364. The molecule has 0 aromatic heterocycles. The maximum Gasteiger partial charge on any atom is 0.253 e. The Morgan fingerprint density at radius 1 is 1.44 bits per heavy atom. The van der Waals surface area contributed by atoms with Crippen LogP contribution in [0.4, 0.5) is 5.69 Å². The van der Waals surface area contributed by atoms with Crippen LogP contribution in [0.1, 0.15) is 6.92 Å². The van der Waals surface area contributed by atoms with Crippen molar-refractivity contribution in [3.8, 4) is 5.75 Å². The molecule has 1 rings (SSSR count). The Morgan fingerprint density at radius 3 is 2.62 bits per heavy atom.